The van der Waals surface area contributed by atoms with Crippen LogP contribution in [-0.2, 0) is 9.47 Å². The predicted molar refractivity (Wildman–Crippen MR) is 47.2 cm³/mol. The van der Waals surface area contributed by atoms with Crippen molar-refractivity contribution in [3.8, 4) is 0 Å². The fourth-order valence-corrected chi connectivity index (χ4v) is 0.640. The van der Waals surface area contributed by atoms with Crippen molar-refractivity contribution in [3.05, 3.63) is 0 Å². The monoisotopic (exact) mass is 180 g/mol. The van der Waals surface area contributed by atoms with E-state index in [9.17, 15) is 0 Å². The summed E-state index contributed by atoms with van der Waals surface area (Å²) >= 11 is 4.04. The summed E-state index contributed by atoms with van der Waals surface area (Å²) in [7, 11) is 0. The third-order valence-electron chi connectivity index (χ3n) is 1.10. The fraction of sp³-hybridized carbons (Fsp3) is 1.00. The van der Waals surface area contributed by atoms with Crippen molar-refractivity contribution in [2.24, 2.45) is 0 Å². The number of hydrogen-bond acceptors (Lipinski definition) is 4. The molecule has 3 nitrogen and oxygen atoms in total. The van der Waals surface area contributed by atoms with Gasteiger partial charge in [0.05, 0.1) is 26.4 Å². The average molecular weight is 180 g/mol. The smallest absolute Gasteiger partial charge is 0.0701 e. The fourth-order valence-electron chi connectivity index (χ4n) is 0.534. The van der Waals surface area contributed by atoms with E-state index in [1.807, 2.05) is 6.92 Å². The molecule has 0 aliphatic heterocycles. The molecule has 1 unspecified atom stereocenters. The molecule has 1 N–H and O–H groups in total. The summed E-state index contributed by atoms with van der Waals surface area (Å²) < 4.78 is 10.2. The quantitative estimate of drug-likeness (QED) is 0.438. The van der Waals surface area contributed by atoms with E-state index >= 15 is 0 Å². The summed E-state index contributed by atoms with van der Waals surface area (Å²) in [6.45, 7) is 4.38. The van der Waals surface area contributed by atoms with Crippen LogP contribution in [-0.4, -0.2) is 43.4 Å². The lowest BCUT2D eigenvalue weighted by molar-refractivity contribution is 0.0493. The molecule has 0 amide bonds. The van der Waals surface area contributed by atoms with Gasteiger partial charge in [0, 0.05) is 11.9 Å². The van der Waals surface area contributed by atoms with E-state index in [-0.39, 0.29) is 11.9 Å². The predicted octanol–water partition coefficient (Wildman–Crippen LogP) is 0.330. The molecule has 0 rings (SSSR count). The Kier molecular flexibility index (Phi) is 8.50. The number of aliphatic hydroxyl groups is 1. The Balaban J connectivity index is 2.89. The molecule has 0 fully saturated rings. The van der Waals surface area contributed by atoms with Crippen molar-refractivity contribution in [2.45, 2.75) is 12.2 Å². The maximum absolute atomic E-state index is 8.55. The Bertz CT molecular complexity index is 80.1. The minimum absolute atomic E-state index is 0.0533. The highest BCUT2D eigenvalue weighted by molar-refractivity contribution is 7.81. The lowest BCUT2D eigenvalue weighted by Gasteiger charge is -2.07. The van der Waals surface area contributed by atoms with E-state index in [1.54, 1.807) is 0 Å². The first-order chi connectivity index (χ1) is 5.31. The van der Waals surface area contributed by atoms with E-state index in [0.717, 1.165) is 0 Å². The van der Waals surface area contributed by atoms with E-state index in [2.05, 4.69) is 12.6 Å². The molecule has 0 aromatic heterocycles. The van der Waals surface area contributed by atoms with Crippen LogP contribution in [0.3, 0.4) is 0 Å². The molecule has 68 valence electrons. The second-order valence-electron chi connectivity index (χ2n) is 2.11. The first-order valence-corrected chi connectivity index (χ1v) is 4.27. The van der Waals surface area contributed by atoms with Gasteiger partial charge in [-0.3, -0.25) is 0 Å². The van der Waals surface area contributed by atoms with Gasteiger partial charge in [-0.05, 0) is 6.92 Å². The van der Waals surface area contributed by atoms with Crippen LogP contribution in [0.2, 0.25) is 0 Å². The second kappa shape index (κ2) is 8.33. The van der Waals surface area contributed by atoms with E-state index < -0.39 is 0 Å². The molecule has 0 aromatic rings. The summed E-state index contributed by atoms with van der Waals surface area (Å²) in [6, 6.07) is 0. The summed E-state index contributed by atoms with van der Waals surface area (Å²) in [5, 5.41) is 8.48. The van der Waals surface area contributed by atoms with Gasteiger partial charge in [0.2, 0.25) is 0 Å². The minimum Gasteiger partial charge on any atom is -0.395 e. The van der Waals surface area contributed by atoms with Crippen molar-refractivity contribution < 1.29 is 14.6 Å². The van der Waals surface area contributed by atoms with Gasteiger partial charge in [-0.1, -0.05) is 0 Å². The zero-order valence-electron chi connectivity index (χ0n) is 6.82. The van der Waals surface area contributed by atoms with Gasteiger partial charge >= 0.3 is 0 Å². The SMILES string of the molecule is CCOCCOCC(S)CO. The molecule has 4 heteroatoms. The summed E-state index contributed by atoms with van der Waals surface area (Å²) in [5.41, 5.74) is 0. The highest BCUT2D eigenvalue weighted by Gasteiger charge is 1.99. The summed E-state index contributed by atoms with van der Waals surface area (Å²) in [6.07, 6.45) is 0. The Hall–Kier alpha value is 0.230. The molecular formula is C7H16O3S. The van der Waals surface area contributed by atoms with Crippen molar-refractivity contribution in [1.82, 2.24) is 0 Å². The lowest BCUT2D eigenvalue weighted by atomic mass is 10.5. The largest absolute Gasteiger partial charge is 0.395 e. The molecule has 0 aliphatic carbocycles. The topological polar surface area (TPSA) is 38.7 Å². The number of ether oxygens (including phenoxy) is 2. The average Bonchev–Trinajstić information content (AvgIpc) is 2.04. The highest BCUT2D eigenvalue weighted by atomic mass is 32.1. The van der Waals surface area contributed by atoms with Gasteiger partial charge < -0.3 is 14.6 Å². The molecule has 0 aliphatic rings. The number of rotatable bonds is 7. The van der Waals surface area contributed by atoms with Crippen LogP contribution in [0.25, 0.3) is 0 Å². The van der Waals surface area contributed by atoms with Crippen molar-refractivity contribution in [1.29, 1.82) is 0 Å². The molecular weight excluding hydrogens is 164 g/mol. The molecule has 0 bridgehead atoms. The summed E-state index contributed by atoms with van der Waals surface area (Å²) in [5.74, 6) is 0. The zero-order chi connectivity index (χ0) is 8.53. The van der Waals surface area contributed by atoms with Crippen molar-refractivity contribution >= 4 is 12.6 Å². The number of hydrogen-bond donors (Lipinski definition) is 2. The molecule has 11 heavy (non-hydrogen) atoms. The maximum Gasteiger partial charge on any atom is 0.0701 e. The zero-order valence-corrected chi connectivity index (χ0v) is 7.72. The number of thiol groups is 1. The van der Waals surface area contributed by atoms with E-state index in [4.69, 9.17) is 14.6 Å². The van der Waals surface area contributed by atoms with Gasteiger partial charge in [-0.25, -0.2) is 0 Å². The van der Waals surface area contributed by atoms with Gasteiger partial charge in [0.1, 0.15) is 0 Å². The molecule has 0 saturated carbocycles. The van der Waals surface area contributed by atoms with E-state index in [1.165, 1.54) is 0 Å². The van der Waals surface area contributed by atoms with Gasteiger partial charge in [0.25, 0.3) is 0 Å². The standard InChI is InChI=1S/C7H16O3S/c1-2-9-3-4-10-6-7(11)5-8/h7-8,11H,2-6H2,1H3. The molecule has 0 aromatic carbocycles. The normalized spacial score (nSPS) is 13.4. The first-order valence-electron chi connectivity index (χ1n) is 3.75. The summed E-state index contributed by atoms with van der Waals surface area (Å²) in [4.78, 5) is 0. The van der Waals surface area contributed by atoms with Crippen LogP contribution in [0.5, 0.6) is 0 Å². The Morgan fingerprint density at radius 2 is 2.00 bits per heavy atom. The molecule has 0 spiro atoms. The highest BCUT2D eigenvalue weighted by Crippen LogP contribution is 1.93. The van der Waals surface area contributed by atoms with Crippen LogP contribution in [0.1, 0.15) is 6.92 Å². The van der Waals surface area contributed by atoms with Gasteiger partial charge in [0.15, 0.2) is 0 Å². The van der Waals surface area contributed by atoms with Crippen LogP contribution >= 0.6 is 12.6 Å². The lowest BCUT2D eigenvalue weighted by Crippen LogP contribution is -2.15. The van der Waals surface area contributed by atoms with E-state index in [0.29, 0.717) is 26.4 Å². The van der Waals surface area contributed by atoms with Crippen molar-refractivity contribution in [3.63, 3.8) is 0 Å². The third-order valence-corrected chi connectivity index (χ3v) is 1.41. The maximum atomic E-state index is 8.55. The second-order valence-corrected chi connectivity index (χ2v) is 2.84. The molecule has 0 saturated heterocycles. The first kappa shape index (κ1) is 11.2. The Morgan fingerprint density at radius 1 is 1.36 bits per heavy atom. The number of aliphatic hydroxyl groups excluding tert-OH is 1. The Morgan fingerprint density at radius 3 is 2.55 bits per heavy atom. The van der Waals surface area contributed by atoms with Crippen LogP contribution in [0, 0.1) is 0 Å². The minimum atomic E-state index is -0.0726. The third kappa shape index (κ3) is 8.13. The van der Waals surface area contributed by atoms with Crippen molar-refractivity contribution in [2.75, 3.05) is 33.0 Å². The van der Waals surface area contributed by atoms with Crippen LogP contribution in [0.4, 0.5) is 0 Å². The van der Waals surface area contributed by atoms with Crippen LogP contribution < -0.4 is 0 Å². The molecule has 0 radical (unpaired) electrons. The Labute approximate surface area is 73.1 Å². The molecule has 0 heterocycles. The molecule has 1 atom stereocenters. The van der Waals surface area contributed by atoms with Crippen LogP contribution in [0.15, 0.2) is 0 Å². The van der Waals surface area contributed by atoms with Gasteiger partial charge in [-0.15, -0.1) is 0 Å². The van der Waals surface area contributed by atoms with Gasteiger partial charge in [-0.2, -0.15) is 12.6 Å².